The molecule has 1 N–H and O–H groups in total. The predicted octanol–water partition coefficient (Wildman–Crippen LogP) is 3.69. The molecule has 36 heavy (non-hydrogen) atoms. The third kappa shape index (κ3) is 4.88. The Kier molecular flexibility index (Phi) is 7.09. The number of carbonyl (C=O) groups is 1. The molecule has 0 bridgehead atoms. The molecule has 0 aliphatic carbocycles. The number of aliphatic hydroxyl groups excluding tert-OH is 1. The lowest BCUT2D eigenvalue weighted by atomic mass is 9.95. The van der Waals surface area contributed by atoms with Crippen LogP contribution in [0, 0.1) is 5.92 Å². The first-order chi connectivity index (χ1) is 17.6. The number of likely N-dealkylation sites (tertiary alicyclic amines) is 1. The van der Waals surface area contributed by atoms with Crippen LogP contribution in [0.1, 0.15) is 38.0 Å². The van der Waals surface area contributed by atoms with Gasteiger partial charge in [0.1, 0.15) is 6.23 Å². The molecular formula is C27H32N4O5. The van der Waals surface area contributed by atoms with Gasteiger partial charge >= 0.3 is 0 Å². The Labute approximate surface area is 210 Å². The summed E-state index contributed by atoms with van der Waals surface area (Å²) in [5.41, 5.74) is 1.73. The number of aromatic nitrogens is 2. The number of nitrogens with zero attached hydrogens (tertiary/aromatic N) is 4. The van der Waals surface area contributed by atoms with Crippen LogP contribution in [-0.4, -0.2) is 65.6 Å². The maximum atomic E-state index is 13.2. The predicted molar refractivity (Wildman–Crippen MR) is 134 cm³/mol. The number of carbonyl (C=O) groups excluding carboxylic acids is 1. The largest absolute Gasteiger partial charge is 0.493 e. The van der Waals surface area contributed by atoms with E-state index in [9.17, 15) is 9.90 Å². The quantitative estimate of drug-likeness (QED) is 0.533. The summed E-state index contributed by atoms with van der Waals surface area (Å²) < 4.78 is 16.6. The molecule has 0 spiro atoms. The highest BCUT2D eigenvalue weighted by atomic mass is 16.5. The van der Waals surface area contributed by atoms with Crippen LogP contribution in [0.25, 0.3) is 11.4 Å². The van der Waals surface area contributed by atoms with Gasteiger partial charge in [-0.15, -0.1) is 0 Å². The van der Waals surface area contributed by atoms with Crippen molar-refractivity contribution >= 4 is 11.6 Å². The van der Waals surface area contributed by atoms with Gasteiger partial charge in [-0.1, -0.05) is 23.4 Å². The number of para-hydroxylation sites is 1. The van der Waals surface area contributed by atoms with E-state index in [0.717, 1.165) is 24.1 Å². The minimum atomic E-state index is -0.642. The monoisotopic (exact) mass is 492 g/mol. The first-order valence-corrected chi connectivity index (χ1v) is 12.5. The van der Waals surface area contributed by atoms with E-state index in [1.54, 1.807) is 7.11 Å². The average Bonchev–Trinajstić information content (AvgIpc) is 3.57. The normalized spacial score (nSPS) is 20.5. The highest BCUT2D eigenvalue weighted by molar-refractivity contribution is 5.80. The van der Waals surface area contributed by atoms with Crippen molar-refractivity contribution in [3.8, 4) is 22.9 Å². The zero-order chi connectivity index (χ0) is 25.1. The highest BCUT2D eigenvalue weighted by Crippen LogP contribution is 2.34. The van der Waals surface area contributed by atoms with Gasteiger partial charge in [-0.3, -0.25) is 4.79 Å². The summed E-state index contributed by atoms with van der Waals surface area (Å²) in [5.74, 6) is 2.40. The minimum Gasteiger partial charge on any atom is -0.493 e. The van der Waals surface area contributed by atoms with Crippen molar-refractivity contribution in [2.75, 3.05) is 38.3 Å². The molecule has 1 amide bonds. The Balaban J connectivity index is 1.19. The first kappa shape index (κ1) is 24.1. The van der Waals surface area contributed by atoms with Crippen LogP contribution in [-0.2, 0) is 4.79 Å². The third-order valence-corrected chi connectivity index (χ3v) is 7.03. The molecule has 0 radical (unpaired) electrons. The second-order valence-electron chi connectivity index (χ2n) is 9.26. The molecule has 2 saturated heterocycles. The van der Waals surface area contributed by atoms with Crippen LogP contribution in [0.3, 0.4) is 0 Å². The summed E-state index contributed by atoms with van der Waals surface area (Å²) in [4.78, 5) is 21.7. The Morgan fingerprint density at radius 1 is 1.14 bits per heavy atom. The van der Waals surface area contributed by atoms with Gasteiger partial charge in [0.2, 0.25) is 17.6 Å². The molecule has 2 fully saturated rings. The van der Waals surface area contributed by atoms with Crippen molar-refractivity contribution in [1.29, 1.82) is 0 Å². The molecular weight excluding hydrogens is 460 g/mol. The Morgan fingerprint density at radius 2 is 1.92 bits per heavy atom. The average molecular weight is 493 g/mol. The van der Waals surface area contributed by atoms with E-state index < -0.39 is 6.23 Å². The smallest absolute Gasteiger partial charge is 0.230 e. The standard InChI is InChI=1S/C27H32N4O5/c1-3-35-22-10-9-19(15-23(22)34-2)25-28-26(36-29-25)18-11-13-30(14-12-18)27(33)20-16-24(32)31(17-20)21-7-5-4-6-8-21/h4-10,15,18,20,24,32H,3,11-14,16-17H2,1-2H3/t20-,24?/m1/s1. The number of aliphatic hydroxyl groups is 1. The number of methoxy groups -OCH3 is 1. The van der Waals surface area contributed by atoms with E-state index in [0.29, 0.717) is 55.9 Å². The molecule has 2 atom stereocenters. The van der Waals surface area contributed by atoms with Crippen molar-refractivity contribution in [1.82, 2.24) is 15.0 Å². The molecule has 3 aromatic rings. The molecule has 2 aromatic carbocycles. The zero-order valence-corrected chi connectivity index (χ0v) is 20.7. The second kappa shape index (κ2) is 10.6. The number of rotatable bonds is 7. The zero-order valence-electron chi connectivity index (χ0n) is 20.7. The lowest BCUT2D eigenvalue weighted by Gasteiger charge is -2.32. The number of hydrogen-bond donors (Lipinski definition) is 1. The number of hydrogen-bond acceptors (Lipinski definition) is 8. The van der Waals surface area contributed by atoms with Gasteiger partial charge in [-0.05, 0) is 50.1 Å². The third-order valence-electron chi connectivity index (χ3n) is 7.03. The fourth-order valence-electron chi connectivity index (χ4n) is 5.10. The van der Waals surface area contributed by atoms with E-state index in [1.807, 2.05) is 65.3 Å². The van der Waals surface area contributed by atoms with Gasteiger partial charge in [0.25, 0.3) is 0 Å². The Bertz CT molecular complexity index is 1180. The molecule has 1 aromatic heterocycles. The second-order valence-corrected chi connectivity index (χ2v) is 9.26. The molecule has 190 valence electrons. The van der Waals surface area contributed by atoms with Crippen LogP contribution in [0.5, 0.6) is 11.5 Å². The molecule has 2 aliphatic rings. The summed E-state index contributed by atoms with van der Waals surface area (Å²) in [5, 5.41) is 14.7. The van der Waals surface area contributed by atoms with Crippen LogP contribution < -0.4 is 14.4 Å². The number of piperidine rings is 1. The van der Waals surface area contributed by atoms with Gasteiger partial charge in [0, 0.05) is 43.2 Å². The lowest BCUT2D eigenvalue weighted by Crippen LogP contribution is -2.42. The molecule has 2 aliphatic heterocycles. The van der Waals surface area contributed by atoms with E-state index in [4.69, 9.17) is 14.0 Å². The maximum Gasteiger partial charge on any atom is 0.230 e. The van der Waals surface area contributed by atoms with Crippen LogP contribution >= 0.6 is 0 Å². The van der Waals surface area contributed by atoms with Gasteiger partial charge in [-0.25, -0.2) is 0 Å². The molecule has 9 nitrogen and oxygen atoms in total. The van der Waals surface area contributed by atoms with Gasteiger partial charge < -0.3 is 28.9 Å². The molecule has 9 heteroatoms. The van der Waals surface area contributed by atoms with Crippen LogP contribution in [0.4, 0.5) is 5.69 Å². The molecule has 0 saturated carbocycles. The molecule has 1 unspecified atom stereocenters. The van der Waals surface area contributed by atoms with Gasteiger partial charge in [-0.2, -0.15) is 4.98 Å². The van der Waals surface area contributed by atoms with Gasteiger partial charge in [0.05, 0.1) is 19.6 Å². The van der Waals surface area contributed by atoms with E-state index in [2.05, 4.69) is 10.1 Å². The highest BCUT2D eigenvalue weighted by Gasteiger charge is 2.38. The Morgan fingerprint density at radius 3 is 2.64 bits per heavy atom. The van der Waals surface area contributed by atoms with Crippen LogP contribution in [0.2, 0.25) is 0 Å². The van der Waals surface area contributed by atoms with E-state index in [-0.39, 0.29) is 17.7 Å². The first-order valence-electron chi connectivity index (χ1n) is 12.5. The summed E-state index contributed by atoms with van der Waals surface area (Å²) in [6, 6.07) is 15.3. The summed E-state index contributed by atoms with van der Waals surface area (Å²) >= 11 is 0. The minimum absolute atomic E-state index is 0.106. The van der Waals surface area contributed by atoms with E-state index >= 15 is 0 Å². The van der Waals surface area contributed by atoms with Crippen molar-refractivity contribution in [2.24, 2.45) is 5.92 Å². The van der Waals surface area contributed by atoms with Gasteiger partial charge in [0.15, 0.2) is 11.5 Å². The summed E-state index contributed by atoms with van der Waals surface area (Å²) in [7, 11) is 1.60. The number of amides is 1. The fourth-order valence-corrected chi connectivity index (χ4v) is 5.10. The maximum absolute atomic E-state index is 13.2. The fraction of sp³-hybridized carbons (Fsp3) is 0.444. The SMILES string of the molecule is CCOc1ccc(-c2noc(C3CCN(C(=O)[C@@H]4CC(O)N(c5ccccc5)C4)CC3)n2)cc1OC. The van der Waals surface area contributed by atoms with Crippen molar-refractivity contribution in [3.63, 3.8) is 0 Å². The Hall–Kier alpha value is -3.59. The number of benzene rings is 2. The number of anilines is 1. The number of ether oxygens (including phenoxy) is 2. The summed E-state index contributed by atoms with van der Waals surface area (Å²) in [6.07, 6.45) is 1.33. The molecule has 5 rings (SSSR count). The van der Waals surface area contributed by atoms with E-state index in [1.165, 1.54) is 0 Å². The van der Waals surface area contributed by atoms with Crippen LogP contribution in [0.15, 0.2) is 53.1 Å². The topological polar surface area (TPSA) is 101 Å². The summed E-state index contributed by atoms with van der Waals surface area (Å²) in [6.45, 7) is 4.28. The van der Waals surface area contributed by atoms with Crippen molar-refractivity contribution in [3.05, 3.63) is 54.4 Å². The lowest BCUT2D eigenvalue weighted by molar-refractivity contribution is -0.136. The van der Waals surface area contributed by atoms with Crippen molar-refractivity contribution in [2.45, 2.75) is 38.3 Å². The van der Waals surface area contributed by atoms with Crippen molar-refractivity contribution < 1.29 is 23.9 Å². The molecule has 3 heterocycles.